The molecule has 0 atom stereocenters. The Morgan fingerprint density at radius 3 is 2.95 bits per heavy atom. The summed E-state index contributed by atoms with van der Waals surface area (Å²) >= 11 is 1.55. The zero-order chi connectivity index (χ0) is 15.0. The minimum atomic E-state index is -0.601. The fourth-order valence-corrected chi connectivity index (χ4v) is 2.92. The van der Waals surface area contributed by atoms with Crippen LogP contribution in [-0.2, 0) is 0 Å². The molecule has 1 amide bonds. The number of fused-ring (bicyclic) bond motifs is 1. The fourth-order valence-electron chi connectivity index (χ4n) is 2.05. The van der Waals surface area contributed by atoms with Crippen molar-refractivity contribution in [3.05, 3.63) is 52.8 Å². The predicted octanol–water partition coefficient (Wildman–Crippen LogP) is 3.58. The summed E-state index contributed by atoms with van der Waals surface area (Å²) in [6, 6.07) is 9.60. The van der Waals surface area contributed by atoms with E-state index in [2.05, 4.69) is 10.3 Å². The van der Waals surface area contributed by atoms with E-state index in [4.69, 9.17) is 5.73 Å². The van der Waals surface area contributed by atoms with Crippen molar-refractivity contribution < 1.29 is 9.18 Å². The number of rotatable bonds is 2. The summed E-state index contributed by atoms with van der Waals surface area (Å²) in [5.41, 5.74) is 7.07. The third-order valence-corrected chi connectivity index (χ3v) is 3.98. The van der Waals surface area contributed by atoms with Crippen molar-refractivity contribution in [2.75, 3.05) is 11.1 Å². The Bertz CT molecular complexity index is 844. The maximum atomic E-state index is 13.4. The second-order valence-electron chi connectivity index (χ2n) is 4.57. The number of anilines is 2. The number of hydrogen-bond acceptors (Lipinski definition) is 4. The van der Waals surface area contributed by atoms with Crippen molar-refractivity contribution in [1.82, 2.24) is 4.98 Å². The molecule has 0 radical (unpaired) electrons. The van der Waals surface area contributed by atoms with Crippen molar-refractivity contribution in [3.8, 4) is 0 Å². The lowest BCUT2D eigenvalue weighted by Crippen LogP contribution is -2.14. The number of nitrogens with one attached hydrogen (secondary N) is 1. The number of para-hydroxylation sites is 1. The van der Waals surface area contributed by atoms with Crippen LogP contribution < -0.4 is 11.1 Å². The molecule has 0 aliphatic carbocycles. The number of nitrogen functional groups attached to an aromatic ring is 1. The molecule has 21 heavy (non-hydrogen) atoms. The number of carbonyl (C=O) groups excluding carboxylic acids is 1. The van der Waals surface area contributed by atoms with Crippen molar-refractivity contribution in [3.63, 3.8) is 0 Å². The highest BCUT2D eigenvalue weighted by Crippen LogP contribution is 2.25. The number of nitrogens with two attached hydrogens (primary N) is 1. The predicted molar refractivity (Wildman–Crippen MR) is 83.1 cm³/mol. The Hall–Kier alpha value is -2.47. The normalized spacial score (nSPS) is 10.8. The van der Waals surface area contributed by atoms with Gasteiger partial charge in [-0.1, -0.05) is 6.07 Å². The Balaban J connectivity index is 1.90. The smallest absolute Gasteiger partial charge is 0.257 e. The van der Waals surface area contributed by atoms with E-state index < -0.39 is 11.7 Å². The van der Waals surface area contributed by atoms with E-state index in [1.54, 1.807) is 17.4 Å². The van der Waals surface area contributed by atoms with Gasteiger partial charge in [0.15, 0.2) is 0 Å². The Kier molecular flexibility index (Phi) is 3.31. The molecule has 0 saturated carbocycles. The molecule has 3 aromatic rings. The van der Waals surface area contributed by atoms with Gasteiger partial charge in [-0.15, -0.1) is 11.3 Å². The van der Waals surface area contributed by atoms with Gasteiger partial charge in [-0.3, -0.25) is 4.79 Å². The second-order valence-corrected chi connectivity index (χ2v) is 5.81. The highest BCUT2D eigenvalue weighted by Gasteiger charge is 2.13. The second kappa shape index (κ2) is 5.14. The molecule has 0 unspecified atom stereocenters. The first-order chi connectivity index (χ1) is 10.0. The van der Waals surface area contributed by atoms with E-state index in [9.17, 15) is 9.18 Å². The van der Waals surface area contributed by atoms with Gasteiger partial charge in [-0.25, -0.2) is 9.37 Å². The van der Waals surface area contributed by atoms with Gasteiger partial charge >= 0.3 is 0 Å². The number of amides is 1. The number of nitrogens with zero attached hydrogens (tertiary/aromatic N) is 1. The Labute approximate surface area is 124 Å². The number of carbonyl (C=O) groups is 1. The fraction of sp³-hybridized carbons (Fsp3) is 0.0667. The standard InChI is InChI=1S/C15H12FN3OS/c1-8-18-12-6-5-9(7-13(12)21-8)19-15(20)10-3-2-4-11(16)14(10)17/h2-7H,17H2,1H3,(H,19,20). The Morgan fingerprint density at radius 2 is 2.14 bits per heavy atom. The van der Waals surface area contributed by atoms with E-state index in [0.29, 0.717) is 5.69 Å². The van der Waals surface area contributed by atoms with Crippen LogP contribution in [0.4, 0.5) is 15.8 Å². The number of hydrogen-bond donors (Lipinski definition) is 2. The van der Waals surface area contributed by atoms with Crippen LogP contribution in [0.15, 0.2) is 36.4 Å². The monoisotopic (exact) mass is 301 g/mol. The highest BCUT2D eigenvalue weighted by molar-refractivity contribution is 7.18. The van der Waals surface area contributed by atoms with Crippen LogP contribution in [0.2, 0.25) is 0 Å². The first kappa shape index (κ1) is 13.5. The van der Waals surface area contributed by atoms with Gasteiger partial charge in [0, 0.05) is 5.69 Å². The van der Waals surface area contributed by atoms with Crippen LogP contribution in [0.1, 0.15) is 15.4 Å². The van der Waals surface area contributed by atoms with E-state index >= 15 is 0 Å². The van der Waals surface area contributed by atoms with Crippen molar-refractivity contribution in [2.24, 2.45) is 0 Å². The highest BCUT2D eigenvalue weighted by atomic mass is 32.1. The summed E-state index contributed by atoms with van der Waals surface area (Å²) in [6.45, 7) is 1.93. The number of aryl methyl sites for hydroxylation is 1. The molecule has 1 aromatic heterocycles. The minimum absolute atomic E-state index is 0.121. The summed E-state index contributed by atoms with van der Waals surface area (Å²) in [6.07, 6.45) is 0. The topological polar surface area (TPSA) is 68.0 Å². The zero-order valence-corrected chi connectivity index (χ0v) is 12.0. The van der Waals surface area contributed by atoms with E-state index in [1.807, 2.05) is 19.1 Å². The molecule has 0 fully saturated rings. The van der Waals surface area contributed by atoms with Gasteiger partial charge in [-0.2, -0.15) is 0 Å². The molecular weight excluding hydrogens is 289 g/mol. The van der Waals surface area contributed by atoms with Gasteiger partial charge in [0.2, 0.25) is 0 Å². The summed E-state index contributed by atoms with van der Waals surface area (Å²) in [5, 5.41) is 3.68. The van der Waals surface area contributed by atoms with Crippen LogP contribution in [0.5, 0.6) is 0 Å². The van der Waals surface area contributed by atoms with Crippen LogP contribution in [0, 0.1) is 12.7 Å². The molecule has 3 N–H and O–H groups in total. The zero-order valence-electron chi connectivity index (χ0n) is 11.2. The maximum absolute atomic E-state index is 13.4. The summed E-state index contributed by atoms with van der Waals surface area (Å²) in [7, 11) is 0. The van der Waals surface area contributed by atoms with E-state index in [1.165, 1.54) is 18.2 Å². The minimum Gasteiger partial charge on any atom is -0.396 e. The van der Waals surface area contributed by atoms with E-state index in [0.717, 1.165) is 15.2 Å². The molecule has 2 aromatic carbocycles. The van der Waals surface area contributed by atoms with Crippen LogP contribution in [-0.4, -0.2) is 10.9 Å². The lowest BCUT2D eigenvalue weighted by Gasteiger charge is -2.08. The maximum Gasteiger partial charge on any atom is 0.257 e. The molecule has 4 nitrogen and oxygen atoms in total. The van der Waals surface area contributed by atoms with Gasteiger partial charge in [0.1, 0.15) is 5.82 Å². The number of benzene rings is 2. The summed E-state index contributed by atoms with van der Waals surface area (Å²) in [5.74, 6) is -1.04. The van der Waals surface area contributed by atoms with Gasteiger partial charge in [-0.05, 0) is 37.3 Å². The van der Waals surface area contributed by atoms with Crippen molar-refractivity contribution >= 4 is 38.8 Å². The van der Waals surface area contributed by atoms with Crippen molar-refractivity contribution in [1.29, 1.82) is 0 Å². The third kappa shape index (κ3) is 2.57. The molecule has 0 saturated heterocycles. The average molecular weight is 301 g/mol. The van der Waals surface area contributed by atoms with Gasteiger partial charge in [0.25, 0.3) is 5.91 Å². The summed E-state index contributed by atoms with van der Waals surface area (Å²) < 4.78 is 14.4. The van der Waals surface area contributed by atoms with Crippen molar-refractivity contribution in [2.45, 2.75) is 6.92 Å². The van der Waals surface area contributed by atoms with E-state index in [-0.39, 0.29) is 11.3 Å². The largest absolute Gasteiger partial charge is 0.396 e. The molecule has 106 valence electrons. The molecule has 0 aliphatic heterocycles. The van der Waals surface area contributed by atoms with Crippen LogP contribution in [0.25, 0.3) is 10.2 Å². The quantitative estimate of drug-likeness (QED) is 0.711. The summed E-state index contributed by atoms with van der Waals surface area (Å²) in [4.78, 5) is 16.5. The molecule has 1 heterocycles. The molecule has 6 heteroatoms. The molecule has 0 spiro atoms. The van der Waals surface area contributed by atoms with Gasteiger partial charge in [0.05, 0.1) is 26.5 Å². The lowest BCUT2D eigenvalue weighted by atomic mass is 10.1. The van der Waals surface area contributed by atoms with Crippen LogP contribution >= 0.6 is 11.3 Å². The SMILES string of the molecule is Cc1nc2ccc(NC(=O)c3cccc(F)c3N)cc2s1. The third-order valence-electron chi connectivity index (χ3n) is 3.05. The van der Waals surface area contributed by atoms with Gasteiger partial charge < -0.3 is 11.1 Å². The lowest BCUT2D eigenvalue weighted by molar-refractivity contribution is 0.102. The number of thiazole rings is 1. The molecule has 0 bridgehead atoms. The number of aromatic nitrogens is 1. The molecular formula is C15H12FN3OS. The molecule has 0 aliphatic rings. The first-order valence-corrected chi connectivity index (χ1v) is 7.09. The number of halogens is 1. The first-order valence-electron chi connectivity index (χ1n) is 6.27. The van der Waals surface area contributed by atoms with Crippen LogP contribution in [0.3, 0.4) is 0 Å². The average Bonchev–Trinajstić information content (AvgIpc) is 2.81. The molecule has 3 rings (SSSR count). The Morgan fingerprint density at radius 1 is 1.33 bits per heavy atom.